The summed E-state index contributed by atoms with van der Waals surface area (Å²) in [6.45, 7) is 13.7. The summed E-state index contributed by atoms with van der Waals surface area (Å²) in [5.41, 5.74) is 9.29. The Labute approximate surface area is 142 Å². The molecule has 20 heavy (non-hydrogen) atoms. The molecule has 0 radical (unpaired) electrons. The third kappa shape index (κ3) is 3.30. The van der Waals surface area contributed by atoms with Crippen LogP contribution in [-0.2, 0) is 17.4 Å². The Morgan fingerprint density at radius 3 is 1.15 bits per heavy atom. The summed E-state index contributed by atoms with van der Waals surface area (Å²) in [4.78, 5) is 4.64. The fourth-order valence-corrected chi connectivity index (χ4v) is 7.06. The topological polar surface area (TPSA) is 0 Å². The van der Waals surface area contributed by atoms with Gasteiger partial charge in [-0.3, -0.25) is 0 Å². The van der Waals surface area contributed by atoms with E-state index in [0.717, 1.165) is 0 Å². The van der Waals surface area contributed by atoms with Crippen LogP contribution in [0.25, 0.3) is 0 Å². The molecule has 0 heterocycles. The van der Waals surface area contributed by atoms with Crippen molar-refractivity contribution in [3.8, 4) is 0 Å². The zero-order valence-electron chi connectivity index (χ0n) is 13.4. The van der Waals surface area contributed by atoms with Crippen LogP contribution in [0.2, 0.25) is 0 Å². The predicted molar refractivity (Wildman–Crippen MR) is 93.0 cm³/mol. The van der Waals surface area contributed by atoms with Gasteiger partial charge in [0.05, 0.1) is 0 Å². The van der Waals surface area contributed by atoms with Crippen LogP contribution in [0.4, 0.5) is 0 Å². The first-order valence-electron chi connectivity index (χ1n) is 6.77. The molecule has 0 aromatic heterocycles. The minimum absolute atomic E-state index is 0. The number of hydrogen-bond acceptors (Lipinski definition) is 0. The van der Waals surface area contributed by atoms with Crippen LogP contribution in [0.15, 0.2) is 41.2 Å². The van der Waals surface area contributed by atoms with Crippen molar-refractivity contribution in [3.05, 3.63) is 41.2 Å². The molecular formula is C17H26Cl2Ti. The molecule has 2 aliphatic carbocycles. The molecule has 0 fully saturated rings. The predicted octanol–water partition coefficient (Wildman–Crippen LogP) is 5.91. The summed E-state index contributed by atoms with van der Waals surface area (Å²) in [6, 6.07) is 0. The molecule has 0 saturated heterocycles. The Balaban J connectivity index is 0.00000180. The van der Waals surface area contributed by atoms with E-state index in [1.54, 1.807) is 30.0 Å². The van der Waals surface area contributed by atoms with Crippen LogP contribution < -0.4 is 0 Å². The normalized spacial score (nSPS) is 18.7. The van der Waals surface area contributed by atoms with Gasteiger partial charge in [-0.2, -0.15) is 0 Å². The molecule has 0 bridgehead atoms. The average molecular weight is 349 g/mol. The van der Waals surface area contributed by atoms with E-state index in [2.05, 4.69) is 46.4 Å². The van der Waals surface area contributed by atoms with Crippen LogP contribution in [0.1, 0.15) is 54.4 Å². The molecule has 0 amide bonds. The van der Waals surface area contributed by atoms with Gasteiger partial charge in [-0.05, 0) is 0 Å². The van der Waals surface area contributed by atoms with Crippen LogP contribution in [-0.4, -0.2) is 4.82 Å². The summed E-state index contributed by atoms with van der Waals surface area (Å²) >= 11 is -1.45. The van der Waals surface area contributed by atoms with E-state index in [1.165, 1.54) is 24.0 Å². The van der Waals surface area contributed by atoms with Crippen molar-refractivity contribution in [2.24, 2.45) is 0 Å². The zero-order chi connectivity index (χ0) is 13.6. The molecule has 3 heteroatoms. The number of allylic oxidation sites excluding steroid dienone is 8. The van der Waals surface area contributed by atoms with Gasteiger partial charge >= 0.3 is 118 Å². The monoisotopic (exact) mass is 348 g/mol. The van der Waals surface area contributed by atoms with Gasteiger partial charge in [0.1, 0.15) is 0 Å². The van der Waals surface area contributed by atoms with Gasteiger partial charge in [-0.25, -0.2) is 0 Å². The van der Waals surface area contributed by atoms with E-state index in [1.807, 2.05) is 0 Å². The quantitative estimate of drug-likeness (QED) is 0.544. The zero-order valence-corrected chi connectivity index (χ0v) is 16.6. The molecule has 0 N–H and O–H groups in total. The van der Waals surface area contributed by atoms with E-state index >= 15 is 0 Å². The van der Waals surface area contributed by atoms with Crippen molar-refractivity contribution < 1.29 is 17.4 Å². The van der Waals surface area contributed by atoms with Gasteiger partial charge in [-0.1, -0.05) is 0 Å². The Morgan fingerprint density at radius 2 is 0.950 bits per heavy atom. The molecule has 0 aromatic carbocycles. The third-order valence-electron chi connectivity index (χ3n) is 4.92. The van der Waals surface area contributed by atoms with E-state index in [-0.39, 0.29) is 24.8 Å². The molecule has 0 atom stereocenters. The third-order valence-corrected chi connectivity index (χ3v) is 8.92. The first-order valence-corrected chi connectivity index (χ1v) is 9.43. The number of halogens is 2. The molecule has 0 nitrogen and oxygen atoms in total. The van der Waals surface area contributed by atoms with E-state index in [0.29, 0.717) is 0 Å². The van der Waals surface area contributed by atoms with Gasteiger partial charge in [0.2, 0.25) is 0 Å². The Morgan fingerprint density at radius 1 is 0.650 bits per heavy atom. The Bertz CT molecular complexity index is 522. The Hall–Kier alpha value is 0.124. The summed E-state index contributed by atoms with van der Waals surface area (Å²) in [5.74, 6) is 0. The molecule has 0 aliphatic heterocycles. The van der Waals surface area contributed by atoms with Crippen molar-refractivity contribution in [2.75, 3.05) is 0 Å². The van der Waals surface area contributed by atoms with Crippen LogP contribution in [0, 0.1) is 0 Å². The van der Waals surface area contributed by atoms with Crippen molar-refractivity contribution in [1.29, 1.82) is 0 Å². The van der Waals surface area contributed by atoms with Crippen molar-refractivity contribution in [3.63, 3.8) is 0 Å². The van der Waals surface area contributed by atoms with Crippen molar-refractivity contribution in [2.45, 2.75) is 54.4 Å². The minimum atomic E-state index is -1.45. The molecule has 0 aromatic rings. The fourth-order valence-electron chi connectivity index (χ4n) is 3.00. The summed E-state index contributed by atoms with van der Waals surface area (Å²) < 4.78 is 3.42. The summed E-state index contributed by atoms with van der Waals surface area (Å²) in [6.07, 6.45) is 2.40. The number of hydrogen-bond donors (Lipinski definition) is 0. The second kappa shape index (κ2) is 7.41. The molecule has 2 aliphatic rings. The van der Waals surface area contributed by atoms with E-state index in [4.69, 9.17) is 0 Å². The van der Waals surface area contributed by atoms with Gasteiger partial charge in [-0.15, -0.1) is 24.8 Å². The van der Waals surface area contributed by atoms with E-state index in [9.17, 15) is 0 Å². The molecule has 0 spiro atoms. The van der Waals surface area contributed by atoms with Crippen molar-refractivity contribution >= 4 is 29.6 Å². The summed E-state index contributed by atoms with van der Waals surface area (Å²) in [7, 11) is 0. The first kappa shape index (κ1) is 20.1. The average Bonchev–Trinajstić information content (AvgIpc) is 2.74. The molecular weight excluding hydrogens is 323 g/mol. The molecule has 0 unspecified atom stereocenters. The van der Waals surface area contributed by atoms with Gasteiger partial charge in [0.15, 0.2) is 0 Å². The second-order valence-electron chi connectivity index (χ2n) is 5.85. The number of rotatable bonds is 2. The first-order chi connectivity index (χ1) is 8.34. The van der Waals surface area contributed by atoms with Gasteiger partial charge in [0.25, 0.3) is 0 Å². The second-order valence-corrected chi connectivity index (χ2v) is 9.23. The van der Waals surface area contributed by atoms with Gasteiger partial charge in [0, 0.05) is 0 Å². The fraction of sp³-hybridized carbons (Fsp3) is 0.471. The maximum absolute atomic E-state index is 4.64. The van der Waals surface area contributed by atoms with E-state index < -0.39 is 17.4 Å². The standard InChI is InChI=1S/2C8H11.CH2.2ClH.Ti/c2*1-6-4-5-7(2)8(6)3;;;;/h2*4H2,1-3H3;1H2;2*1H;. The molecule has 0 saturated carbocycles. The van der Waals surface area contributed by atoms with Crippen LogP contribution in [0.5, 0.6) is 0 Å². The molecule has 2 rings (SSSR count). The Kier molecular flexibility index (Phi) is 7.45. The van der Waals surface area contributed by atoms with Crippen molar-refractivity contribution in [1.82, 2.24) is 0 Å². The maximum atomic E-state index is 4.64. The summed E-state index contributed by atoms with van der Waals surface area (Å²) in [5, 5.41) is 0. The van der Waals surface area contributed by atoms with Crippen LogP contribution in [0.3, 0.4) is 0 Å². The van der Waals surface area contributed by atoms with Crippen LogP contribution >= 0.6 is 24.8 Å². The SMILES string of the molecule is Cl.Cl.[CH2]=[Ti]([C]1=C(C)C(C)=C(C)C1)[C]1=C(C)C(C)=C(C)C1. The molecule has 112 valence electrons. The van der Waals surface area contributed by atoms with Gasteiger partial charge < -0.3 is 0 Å².